The highest BCUT2D eigenvalue weighted by Gasteiger charge is 2.24. The van der Waals surface area contributed by atoms with Gasteiger partial charge in [-0.25, -0.2) is 0 Å². The van der Waals surface area contributed by atoms with Crippen molar-refractivity contribution < 1.29 is 9.47 Å². The second-order valence-electron chi connectivity index (χ2n) is 4.55. The topological polar surface area (TPSA) is 81.2 Å². The van der Waals surface area contributed by atoms with Gasteiger partial charge in [-0.15, -0.1) is 0 Å². The first kappa shape index (κ1) is 13.4. The monoisotopic (exact) mass is 287 g/mol. The fourth-order valence-electron chi connectivity index (χ4n) is 2.19. The molecule has 1 unspecified atom stereocenters. The molecular formula is C14H17N5O2. The number of fused-ring (bicyclic) bond motifs is 1. The van der Waals surface area contributed by atoms with Crippen LogP contribution in [0.4, 0.5) is 11.9 Å². The molecule has 2 heterocycles. The molecule has 7 nitrogen and oxygen atoms in total. The third kappa shape index (κ3) is 2.81. The molecule has 7 heteroatoms. The molecule has 1 aliphatic rings. The number of nitrogens with zero attached hydrogens (tertiary/aromatic N) is 3. The fourth-order valence-corrected chi connectivity index (χ4v) is 2.19. The van der Waals surface area contributed by atoms with Gasteiger partial charge in [-0.05, 0) is 13.0 Å². The zero-order chi connectivity index (χ0) is 14.7. The summed E-state index contributed by atoms with van der Waals surface area (Å²) in [6, 6.07) is 8.22. The van der Waals surface area contributed by atoms with Gasteiger partial charge < -0.3 is 20.1 Å². The summed E-state index contributed by atoms with van der Waals surface area (Å²) < 4.78 is 10.7. The average molecular weight is 287 g/mol. The molecule has 3 rings (SSSR count). The highest BCUT2D eigenvalue weighted by molar-refractivity contribution is 5.45. The summed E-state index contributed by atoms with van der Waals surface area (Å²) in [5.74, 6) is 1.84. The molecule has 1 aromatic carbocycles. The molecule has 1 atom stereocenters. The van der Waals surface area contributed by atoms with E-state index in [4.69, 9.17) is 9.47 Å². The van der Waals surface area contributed by atoms with Crippen LogP contribution < -0.4 is 20.1 Å². The minimum atomic E-state index is 0.0165. The number of nitrogens with one attached hydrogen (secondary N) is 2. The molecule has 0 saturated heterocycles. The number of para-hydroxylation sites is 1. The van der Waals surface area contributed by atoms with Crippen molar-refractivity contribution in [3.05, 3.63) is 29.8 Å². The molecule has 1 aromatic heterocycles. The van der Waals surface area contributed by atoms with Gasteiger partial charge in [0.1, 0.15) is 12.4 Å². The fraction of sp³-hybridized carbons (Fsp3) is 0.357. The zero-order valence-electron chi connectivity index (χ0n) is 12.0. The lowest BCUT2D eigenvalue weighted by Gasteiger charge is -2.13. The quantitative estimate of drug-likeness (QED) is 0.868. The van der Waals surface area contributed by atoms with Gasteiger partial charge in [0.25, 0.3) is 0 Å². The number of anilines is 2. The van der Waals surface area contributed by atoms with E-state index in [1.165, 1.54) is 7.11 Å². The molecule has 0 bridgehead atoms. The Hall–Kier alpha value is -2.57. The van der Waals surface area contributed by atoms with Crippen molar-refractivity contribution >= 4 is 11.9 Å². The van der Waals surface area contributed by atoms with Crippen LogP contribution in [0, 0.1) is 0 Å². The first-order valence-corrected chi connectivity index (χ1v) is 6.82. The molecule has 0 spiro atoms. The van der Waals surface area contributed by atoms with Crippen molar-refractivity contribution in [1.82, 2.24) is 15.0 Å². The summed E-state index contributed by atoms with van der Waals surface area (Å²) in [6.45, 7) is 3.25. The molecule has 21 heavy (non-hydrogen) atoms. The Labute approximate surface area is 122 Å². The number of hydrogen-bond donors (Lipinski definition) is 2. The van der Waals surface area contributed by atoms with E-state index in [2.05, 4.69) is 25.6 Å². The van der Waals surface area contributed by atoms with E-state index in [0.717, 1.165) is 17.9 Å². The van der Waals surface area contributed by atoms with Crippen molar-refractivity contribution in [2.24, 2.45) is 0 Å². The van der Waals surface area contributed by atoms with E-state index in [9.17, 15) is 0 Å². The van der Waals surface area contributed by atoms with Crippen LogP contribution in [0.2, 0.25) is 0 Å². The number of methoxy groups -OCH3 is 1. The lowest BCUT2D eigenvalue weighted by Crippen LogP contribution is -2.16. The number of hydrogen-bond acceptors (Lipinski definition) is 7. The molecule has 110 valence electrons. The average Bonchev–Trinajstić information content (AvgIpc) is 2.91. The van der Waals surface area contributed by atoms with E-state index in [-0.39, 0.29) is 12.1 Å². The van der Waals surface area contributed by atoms with E-state index >= 15 is 0 Å². The van der Waals surface area contributed by atoms with Gasteiger partial charge in [-0.2, -0.15) is 15.0 Å². The summed E-state index contributed by atoms with van der Waals surface area (Å²) in [7, 11) is 1.53. The standard InChI is InChI=1S/C14H17N5O2/c1-3-15-12-17-13(19-14(18-12)20-2)16-10-8-21-11-7-5-4-6-9(10)11/h4-7,10H,3,8H2,1-2H3,(H2,15,16,17,18,19). The van der Waals surface area contributed by atoms with Gasteiger partial charge >= 0.3 is 6.01 Å². The number of ether oxygens (including phenoxy) is 2. The van der Waals surface area contributed by atoms with Crippen LogP contribution in [0.5, 0.6) is 11.8 Å². The molecule has 0 amide bonds. The largest absolute Gasteiger partial charge is 0.491 e. The predicted molar refractivity (Wildman–Crippen MR) is 78.8 cm³/mol. The summed E-state index contributed by atoms with van der Waals surface area (Å²) >= 11 is 0. The first-order valence-electron chi connectivity index (χ1n) is 6.82. The smallest absolute Gasteiger partial charge is 0.322 e. The highest BCUT2D eigenvalue weighted by Crippen LogP contribution is 2.33. The maximum atomic E-state index is 5.64. The molecule has 2 N–H and O–H groups in total. The lowest BCUT2D eigenvalue weighted by atomic mass is 10.1. The van der Waals surface area contributed by atoms with Gasteiger partial charge in [0.05, 0.1) is 13.2 Å². The third-order valence-corrected chi connectivity index (χ3v) is 3.14. The molecule has 1 aliphatic heterocycles. The lowest BCUT2D eigenvalue weighted by molar-refractivity contribution is 0.339. The van der Waals surface area contributed by atoms with E-state index in [1.807, 2.05) is 31.2 Å². The Morgan fingerprint density at radius 2 is 2.05 bits per heavy atom. The van der Waals surface area contributed by atoms with Crippen molar-refractivity contribution in [2.45, 2.75) is 13.0 Å². The minimum Gasteiger partial charge on any atom is -0.491 e. The van der Waals surface area contributed by atoms with Gasteiger partial charge in [-0.1, -0.05) is 18.2 Å². The van der Waals surface area contributed by atoms with Crippen molar-refractivity contribution in [1.29, 1.82) is 0 Å². The Morgan fingerprint density at radius 3 is 2.86 bits per heavy atom. The van der Waals surface area contributed by atoms with Crippen LogP contribution in [0.1, 0.15) is 18.5 Å². The molecule has 0 fully saturated rings. The number of rotatable bonds is 5. The van der Waals surface area contributed by atoms with Gasteiger partial charge in [0.2, 0.25) is 11.9 Å². The molecule has 0 radical (unpaired) electrons. The van der Waals surface area contributed by atoms with Crippen LogP contribution in [-0.2, 0) is 0 Å². The summed E-state index contributed by atoms with van der Waals surface area (Å²) in [5.41, 5.74) is 1.10. The Morgan fingerprint density at radius 1 is 1.24 bits per heavy atom. The van der Waals surface area contributed by atoms with Crippen molar-refractivity contribution in [3.8, 4) is 11.8 Å². The van der Waals surface area contributed by atoms with Crippen LogP contribution in [-0.4, -0.2) is 35.2 Å². The molecule has 0 saturated carbocycles. The summed E-state index contributed by atoms with van der Waals surface area (Å²) in [6.07, 6.45) is 0. The maximum absolute atomic E-state index is 5.64. The predicted octanol–water partition coefficient (Wildman–Crippen LogP) is 1.86. The Balaban J connectivity index is 1.83. The number of benzene rings is 1. The Kier molecular flexibility index (Phi) is 3.72. The maximum Gasteiger partial charge on any atom is 0.322 e. The summed E-state index contributed by atoms with van der Waals surface area (Å²) in [4.78, 5) is 12.7. The van der Waals surface area contributed by atoms with Crippen LogP contribution in [0.3, 0.4) is 0 Å². The van der Waals surface area contributed by atoms with Crippen LogP contribution in [0.15, 0.2) is 24.3 Å². The second kappa shape index (κ2) is 5.82. The summed E-state index contributed by atoms with van der Waals surface area (Å²) in [5, 5.41) is 6.32. The molecule has 2 aromatic rings. The SMILES string of the molecule is CCNc1nc(NC2COc3ccccc32)nc(OC)n1. The molecular weight excluding hydrogens is 270 g/mol. The minimum absolute atomic E-state index is 0.0165. The van der Waals surface area contributed by atoms with E-state index in [0.29, 0.717) is 18.5 Å². The number of aromatic nitrogens is 3. The van der Waals surface area contributed by atoms with Crippen LogP contribution in [0.25, 0.3) is 0 Å². The normalized spacial score (nSPS) is 16.0. The van der Waals surface area contributed by atoms with Gasteiger partial charge in [-0.3, -0.25) is 0 Å². The van der Waals surface area contributed by atoms with E-state index in [1.54, 1.807) is 0 Å². The highest BCUT2D eigenvalue weighted by atomic mass is 16.5. The zero-order valence-corrected chi connectivity index (χ0v) is 12.0. The van der Waals surface area contributed by atoms with Crippen molar-refractivity contribution in [2.75, 3.05) is 30.9 Å². The van der Waals surface area contributed by atoms with Gasteiger partial charge in [0.15, 0.2) is 0 Å². The molecule has 0 aliphatic carbocycles. The van der Waals surface area contributed by atoms with Crippen LogP contribution >= 0.6 is 0 Å². The van der Waals surface area contributed by atoms with Gasteiger partial charge in [0, 0.05) is 12.1 Å². The van der Waals surface area contributed by atoms with Crippen molar-refractivity contribution in [3.63, 3.8) is 0 Å². The second-order valence-corrected chi connectivity index (χ2v) is 4.55. The Bertz CT molecular complexity index is 635. The third-order valence-electron chi connectivity index (χ3n) is 3.14. The first-order chi connectivity index (χ1) is 10.3. The van der Waals surface area contributed by atoms with E-state index < -0.39 is 0 Å².